The Morgan fingerprint density at radius 1 is 1.35 bits per heavy atom. The van der Waals surface area contributed by atoms with E-state index in [2.05, 4.69) is 9.97 Å². The summed E-state index contributed by atoms with van der Waals surface area (Å²) in [6, 6.07) is 0. The van der Waals surface area contributed by atoms with Crippen LogP contribution in [0.3, 0.4) is 0 Å². The maximum atomic E-state index is 10.6. The molecule has 0 unspecified atom stereocenters. The molecule has 0 aliphatic carbocycles. The normalized spacial score (nSPS) is 10.9. The van der Waals surface area contributed by atoms with E-state index >= 15 is 0 Å². The van der Waals surface area contributed by atoms with Gasteiger partial charge in [0.05, 0.1) is 12.0 Å². The lowest BCUT2D eigenvalue weighted by atomic mass is 10.2. The van der Waals surface area contributed by atoms with Crippen molar-refractivity contribution in [3.05, 3.63) is 24.3 Å². The van der Waals surface area contributed by atoms with Crippen LogP contribution in [0, 0.1) is 0 Å². The number of nitrogens with one attached hydrogen (secondary N) is 1. The topological polar surface area (TPSA) is 103 Å². The van der Waals surface area contributed by atoms with Gasteiger partial charge in [0.15, 0.2) is 0 Å². The van der Waals surface area contributed by atoms with Crippen molar-refractivity contribution >= 4 is 18.0 Å². The quantitative estimate of drug-likeness (QED) is 0.723. The smallest absolute Gasteiger partial charge is 0.481 e. The van der Waals surface area contributed by atoms with E-state index in [1.807, 2.05) is 12.2 Å². The fourth-order valence-electron chi connectivity index (χ4n) is 0.938. The zero-order chi connectivity index (χ0) is 15.6. The second-order valence-electron chi connectivity index (χ2n) is 3.49. The van der Waals surface area contributed by atoms with Crippen molar-refractivity contribution in [2.24, 2.45) is 0 Å². The minimum Gasteiger partial charge on any atom is -0.481 e. The highest BCUT2D eigenvalue weighted by atomic mass is 19.4. The number of halogens is 3. The van der Waals surface area contributed by atoms with Gasteiger partial charge < -0.3 is 15.2 Å². The van der Waals surface area contributed by atoms with E-state index in [0.29, 0.717) is 6.42 Å². The predicted octanol–water partition coefficient (Wildman–Crippen LogP) is 2.31. The maximum absolute atomic E-state index is 10.6. The number of rotatable bonds is 5. The molecule has 1 heterocycles. The molecule has 0 bridgehead atoms. The highest BCUT2D eigenvalue weighted by molar-refractivity contribution is 5.73. The van der Waals surface area contributed by atoms with Crippen molar-refractivity contribution in [2.45, 2.75) is 25.4 Å². The fourth-order valence-corrected chi connectivity index (χ4v) is 0.938. The van der Waals surface area contributed by atoms with Crippen LogP contribution in [0.25, 0.3) is 6.08 Å². The number of carboxylic acids is 2. The number of imidazole rings is 1. The largest absolute Gasteiger partial charge is 0.490 e. The molecule has 1 aromatic rings. The molecular formula is C11H13F3N2O4. The van der Waals surface area contributed by atoms with E-state index in [9.17, 15) is 18.0 Å². The molecule has 0 aliphatic rings. The molecule has 0 spiro atoms. The summed E-state index contributed by atoms with van der Waals surface area (Å²) >= 11 is 0. The van der Waals surface area contributed by atoms with Crippen LogP contribution in [0.15, 0.2) is 18.6 Å². The van der Waals surface area contributed by atoms with Gasteiger partial charge in [-0.2, -0.15) is 13.2 Å². The van der Waals surface area contributed by atoms with Gasteiger partial charge in [-0.3, -0.25) is 4.79 Å². The van der Waals surface area contributed by atoms with E-state index in [1.54, 1.807) is 12.5 Å². The number of aromatic nitrogens is 2. The summed E-state index contributed by atoms with van der Waals surface area (Å²) in [5.41, 5.74) is 0.871. The monoisotopic (exact) mass is 294 g/mol. The summed E-state index contributed by atoms with van der Waals surface area (Å²) in [6.45, 7) is 0. The van der Waals surface area contributed by atoms with Crippen LogP contribution in [0.1, 0.15) is 25.0 Å². The van der Waals surface area contributed by atoms with Gasteiger partial charge >= 0.3 is 18.1 Å². The minimum absolute atomic E-state index is 0.227. The van der Waals surface area contributed by atoms with E-state index in [4.69, 9.17) is 15.0 Å². The fraction of sp³-hybridized carbons (Fsp3) is 0.364. The number of aliphatic carboxylic acids is 2. The highest BCUT2D eigenvalue weighted by Crippen LogP contribution is 2.13. The lowest BCUT2D eigenvalue weighted by Crippen LogP contribution is -2.21. The Morgan fingerprint density at radius 3 is 2.35 bits per heavy atom. The molecule has 1 aromatic heterocycles. The van der Waals surface area contributed by atoms with Crippen LogP contribution >= 0.6 is 0 Å². The van der Waals surface area contributed by atoms with E-state index < -0.39 is 18.1 Å². The molecule has 0 atom stereocenters. The summed E-state index contributed by atoms with van der Waals surface area (Å²) in [7, 11) is 0. The first-order valence-electron chi connectivity index (χ1n) is 5.40. The molecule has 0 aliphatic heterocycles. The third-order valence-electron chi connectivity index (χ3n) is 1.81. The van der Waals surface area contributed by atoms with Crippen LogP contribution in [0.4, 0.5) is 13.2 Å². The van der Waals surface area contributed by atoms with Crippen LogP contribution in [-0.4, -0.2) is 38.3 Å². The van der Waals surface area contributed by atoms with Crippen molar-refractivity contribution in [2.75, 3.05) is 0 Å². The number of carbonyl (C=O) groups is 2. The summed E-state index contributed by atoms with van der Waals surface area (Å²) in [6.07, 6.45) is 3.79. The van der Waals surface area contributed by atoms with Gasteiger partial charge in [-0.1, -0.05) is 6.08 Å². The average molecular weight is 294 g/mol. The Balaban J connectivity index is 0.000000441. The number of allylic oxidation sites excluding steroid dienone is 1. The first kappa shape index (κ1) is 17.7. The highest BCUT2D eigenvalue weighted by Gasteiger charge is 2.38. The third kappa shape index (κ3) is 9.68. The van der Waals surface area contributed by atoms with Crippen molar-refractivity contribution in [1.29, 1.82) is 0 Å². The summed E-state index contributed by atoms with van der Waals surface area (Å²) < 4.78 is 31.7. The van der Waals surface area contributed by atoms with E-state index in [1.165, 1.54) is 0 Å². The second kappa shape index (κ2) is 8.73. The molecule has 0 saturated carbocycles. The van der Waals surface area contributed by atoms with Gasteiger partial charge in [-0.15, -0.1) is 0 Å². The Hall–Kier alpha value is -2.32. The molecule has 0 amide bonds. The second-order valence-corrected chi connectivity index (χ2v) is 3.49. The van der Waals surface area contributed by atoms with Crippen molar-refractivity contribution in [1.82, 2.24) is 9.97 Å². The molecule has 0 fully saturated rings. The van der Waals surface area contributed by atoms with Gasteiger partial charge in [-0.05, 0) is 18.9 Å². The molecule has 0 radical (unpaired) electrons. The van der Waals surface area contributed by atoms with Crippen LogP contribution in [0.2, 0.25) is 0 Å². The molecule has 0 aromatic carbocycles. The molecular weight excluding hydrogens is 281 g/mol. The predicted molar refractivity (Wildman–Crippen MR) is 62.8 cm³/mol. The summed E-state index contributed by atoms with van der Waals surface area (Å²) in [5, 5.41) is 15.5. The van der Waals surface area contributed by atoms with Crippen molar-refractivity contribution < 1.29 is 33.0 Å². The number of H-pyrrole nitrogens is 1. The van der Waals surface area contributed by atoms with E-state index in [-0.39, 0.29) is 6.42 Å². The number of carboxylic acid groups (broad SMARTS) is 2. The molecule has 20 heavy (non-hydrogen) atoms. The Labute approximate surface area is 112 Å². The number of nitrogens with zero attached hydrogens (tertiary/aromatic N) is 1. The molecule has 3 N–H and O–H groups in total. The molecule has 6 nitrogen and oxygen atoms in total. The lowest BCUT2D eigenvalue weighted by Gasteiger charge is -1.93. The molecule has 9 heteroatoms. The Morgan fingerprint density at radius 2 is 1.95 bits per heavy atom. The number of aromatic amines is 1. The average Bonchev–Trinajstić information content (AvgIpc) is 2.80. The Kier molecular flexibility index (Phi) is 7.71. The molecule has 1 rings (SSSR count). The summed E-state index contributed by atoms with van der Waals surface area (Å²) in [4.78, 5) is 25.9. The summed E-state index contributed by atoms with van der Waals surface area (Å²) in [5.74, 6) is -3.50. The van der Waals surface area contributed by atoms with E-state index in [0.717, 1.165) is 12.1 Å². The molecule has 0 saturated heterocycles. The standard InChI is InChI=1S/C9H12N2O2.C2HF3O2/c12-9(13)5-3-1-2-4-8-6-10-7-11-8;3-2(4,5)1(6)7/h2,4,6-7H,1,3,5H2,(H,10,11)(H,12,13);(H,6,7)/b4-2+;. The zero-order valence-corrected chi connectivity index (χ0v) is 10.2. The van der Waals surface area contributed by atoms with Crippen LogP contribution < -0.4 is 0 Å². The van der Waals surface area contributed by atoms with Crippen LogP contribution in [0.5, 0.6) is 0 Å². The van der Waals surface area contributed by atoms with Gasteiger partial charge in [-0.25, -0.2) is 9.78 Å². The number of hydrogen-bond donors (Lipinski definition) is 3. The van der Waals surface area contributed by atoms with Gasteiger partial charge in [0.1, 0.15) is 0 Å². The maximum Gasteiger partial charge on any atom is 0.490 e. The SMILES string of the molecule is O=C(O)C(F)(F)F.O=C(O)CCC/C=C/c1c[nH]cn1. The minimum atomic E-state index is -5.08. The third-order valence-corrected chi connectivity index (χ3v) is 1.81. The number of unbranched alkanes of at least 4 members (excludes halogenated alkanes) is 1. The van der Waals surface area contributed by atoms with Gasteiger partial charge in [0, 0.05) is 12.6 Å². The number of alkyl halides is 3. The van der Waals surface area contributed by atoms with Gasteiger partial charge in [0.2, 0.25) is 0 Å². The number of hydrogen-bond acceptors (Lipinski definition) is 3. The van der Waals surface area contributed by atoms with Crippen molar-refractivity contribution in [3.8, 4) is 0 Å². The zero-order valence-electron chi connectivity index (χ0n) is 10.2. The Bertz CT molecular complexity index is 441. The van der Waals surface area contributed by atoms with Gasteiger partial charge in [0.25, 0.3) is 0 Å². The van der Waals surface area contributed by atoms with Crippen molar-refractivity contribution in [3.63, 3.8) is 0 Å². The molecule has 112 valence electrons. The first-order valence-corrected chi connectivity index (χ1v) is 5.40. The van der Waals surface area contributed by atoms with Crippen LogP contribution in [-0.2, 0) is 9.59 Å². The first-order chi connectivity index (χ1) is 9.23. The lowest BCUT2D eigenvalue weighted by molar-refractivity contribution is -0.192.